The van der Waals surface area contributed by atoms with Crippen LogP contribution in [0.1, 0.15) is 133 Å². The topological polar surface area (TPSA) is 18.5 Å². The standard InChI is InChI=1S/C35H52O2/c1-3-5-7-9-11-13-34-26-37-35(27-36-34)33-24-22-32(23-25-33)31-20-18-30(19-21-31)29-16-14-28(15-17-29)12-10-8-6-4-2/h18-25,28-29,34-35H,3-17,26-27H2,1-2H3/t28?,29?,34-,35-/m1/s1. The van der Waals surface area contributed by atoms with Gasteiger partial charge in [0.25, 0.3) is 0 Å². The van der Waals surface area contributed by atoms with Crippen molar-refractivity contribution in [2.45, 2.75) is 128 Å². The predicted molar refractivity (Wildman–Crippen MR) is 157 cm³/mol. The van der Waals surface area contributed by atoms with Crippen molar-refractivity contribution in [3.63, 3.8) is 0 Å². The number of hydrogen-bond donors (Lipinski definition) is 0. The fraction of sp³-hybridized carbons (Fsp3) is 0.657. The van der Waals surface area contributed by atoms with Crippen LogP contribution < -0.4 is 0 Å². The van der Waals surface area contributed by atoms with Gasteiger partial charge in [-0.3, -0.25) is 0 Å². The Morgan fingerprint density at radius 2 is 1.14 bits per heavy atom. The normalized spacial score (nSPS) is 24.3. The molecule has 2 nitrogen and oxygen atoms in total. The maximum absolute atomic E-state index is 6.20. The zero-order valence-corrected chi connectivity index (χ0v) is 23.8. The quantitative estimate of drug-likeness (QED) is 0.238. The van der Waals surface area contributed by atoms with E-state index in [1.807, 2.05) is 0 Å². The first kappa shape index (κ1) is 28.4. The lowest BCUT2D eigenvalue weighted by Crippen LogP contribution is -2.31. The minimum absolute atomic E-state index is 0.0644. The van der Waals surface area contributed by atoms with Crippen molar-refractivity contribution in [1.29, 1.82) is 0 Å². The molecule has 0 radical (unpaired) electrons. The van der Waals surface area contributed by atoms with Gasteiger partial charge in [-0.15, -0.1) is 0 Å². The highest BCUT2D eigenvalue weighted by Gasteiger charge is 2.24. The number of hydrogen-bond acceptors (Lipinski definition) is 2. The lowest BCUT2D eigenvalue weighted by molar-refractivity contribution is -0.137. The highest BCUT2D eigenvalue weighted by atomic mass is 16.6. The van der Waals surface area contributed by atoms with E-state index in [0.717, 1.165) is 24.9 Å². The van der Waals surface area contributed by atoms with Crippen molar-refractivity contribution in [2.75, 3.05) is 13.2 Å². The maximum Gasteiger partial charge on any atom is 0.106 e. The molecular weight excluding hydrogens is 452 g/mol. The molecule has 1 saturated heterocycles. The minimum Gasteiger partial charge on any atom is -0.373 e. The van der Waals surface area contributed by atoms with Crippen LogP contribution in [0.2, 0.25) is 0 Å². The molecule has 2 aliphatic rings. The van der Waals surface area contributed by atoms with Crippen molar-refractivity contribution in [3.05, 3.63) is 59.7 Å². The third-order valence-corrected chi connectivity index (χ3v) is 8.91. The van der Waals surface area contributed by atoms with Gasteiger partial charge < -0.3 is 9.47 Å². The summed E-state index contributed by atoms with van der Waals surface area (Å²) in [5.74, 6) is 1.73. The molecule has 204 valence electrons. The van der Waals surface area contributed by atoms with Crippen LogP contribution in [0.15, 0.2) is 48.5 Å². The molecule has 0 N–H and O–H groups in total. The highest BCUT2D eigenvalue weighted by molar-refractivity contribution is 5.64. The maximum atomic E-state index is 6.20. The molecule has 2 heteroatoms. The van der Waals surface area contributed by atoms with Gasteiger partial charge in [0.2, 0.25) is 0 Å². The molecule has 1 aliphatic carbocycles. The summed E-state index contributed by atoms with van der Waals surface area (Å²) in [5.41, 5.74) is 5.36. The van der Waals surface area contributed by atoms with Gasteiger partial charge in [0.05, 0.1) is 19.3 Å². The van der Waals surface area contributed by atoms with Crippen molar-refractivity contribution in [3.8, 4) is 11.1 Å². The molecule has 0 amide bonds. The highest BCUT2D eigenvalue weighted by Crippen LogP contribution is 2.38. The van der Waals surface area contributed by atoms with Gasteiger partial charge in [-0.25, -0.2) is 0 Å². The summed E-state index contributed by atoms with van der Waals surface area (Å²) < 4.78 is 12.3. The lowest BCUT2D eigenvalue weighted by Gasteiger charge is -2.30. The molecule has 1 saturated carbocycles. The van der Waals surface area contributed by atoms with E-state index in [4.69, 9.17) is 9.47 Å². The van der Waals surface area contributed by atoms with Crippen molar-refractivity contribution < 1.29 is 9.47 Å². The van der Waals surface area contributed by atoms with Crippen LogP contribution in [-0.2, 0) is 9.47 Å². The summed E-state index contributed by atoms with van der Waals surface area (Å²) in [6.07, 6.45) is 20.7. The van der Waals surface area contributed by atoms with E-state index in [1.54, 1.807) is 0 Å². The Labute approximate surface area is 227 Å². The van der Waals surface area contributed by atoms with Crippen LogP contribution >= 0.6 is 0 Å². The van der Waals surface area contributed by atoms with Gasteiger partial charge in [0, 0.05) is 0 Å². The average Bonchev–Trinajstić information content (AvgIpc) is 2.96. The Kier molecular flexibility index (Phi) is 12.0. The first-order valence-corrected chi connectivity index (χ1v) is 15.7. The van der Waals surface area contributed by atoms with Crippen LogP contribution in [0.25, 0.3) is 11.1 Å². The van der Waals surface area contributed by atoms with Crippen LogP contribution in [0.4, 0.5) is 0 Å². The van der Waals surface area contributed by atoms with E-state index in [1.165, 1.54) is 112 Å². The smallest absolute Gasteiger partial charge is 0.106 e. The van der Waals surface area contributed by atoms with E-state index in [0.29, 0.717) is 6.61 Å². The Bertz CT molecular complexity index is 855. The van der Waals surface area contributed by atoms with Crippen LogP contribution in [0.3, 0.4) is 0 Å². The first-order valence-electron chi connectivity index (χ1n) is 15.7. The Hall–Kier alpha value is -1.64. The fourth-order valence-electron chi connectivity index (χ4n) is 6.36. The summed E-state index contributed by atoms with van der Waals surface area (Å²) in [7, 11) is 0. The monoisotopic (exact) mass is 504 g/mol. The van der Waals surface area contributed by atoms with Crippen LogP contribution in [0, 0.1) is 5.92 Å². The number of unbranched alkanes of at least 4 members (excludes halogenated alkanes) is 7. The van der Waals surface area contributed by atoms with Gasteiger partial charge in [0.1, 0.15) is 6.10 Å². The number of benzene rings is 2. The minimum atomic E-state index is 0.0644. The Morgan fingerprint density at radius 1 is 0.568 bits per heavy atom. The summed E-state index contributed by atoms with van der Waals surface area (Å²) >= 11 is 0. The first-order chi connectivity index (χ1) is 18.3. The van der Waals surface area contributed by atoms with Crippen LogP contribution in [-0.4, -0.2) is 19.3 Å². The lowest BCUT2D eigenvalue weighted by atomic mass is 9.77. The van der Waals surface area contributed by atoms with Crippen molar-refractivity contribution >= 4 is 0 Å². The molecule has 2 fully saturated rings. The summed E-state index contributed by atoms with van der Waals surface area (Å²) in [5, 5.41) is 0. The molecule has 2 aromatic carbocycles. The Morgan fingerprint density at radius 3 is 1.73 bits per heavy atom. The third kappa shape index (κ3) is 8.96. The summed E-state index contributed by atoms with van der Waals surface area (Å²) in [6, 6.07) is 18.4. The molecule has 0 unspecified atom stereocenters. The van der Waals surface area contributed by atoms with E-state index in [2.05, 4.69) is 62.4 Å². The summed E-state index contributed by atoms with van der Waals surface area (Å²) in [4.78, 5) is 0. The predicted octanol–water partition coefficient (Wildman–Crippen LogP) is 10.4. The van der Waals surface area contributed by atoms with Gasteiger partial charge in [-0.05, 0) is 66.2 Å². The number of rotatable bonds is 14. The molecule has 2 atom stereocenters. The largest absolute Gasteiger partial charge is 0.373 e. The molecule has 4 rings (SSSR count). The summed E-state index contributed by atoms with van der Waals surface area (Å²) in [6.45, 7) is 5.97. The van der Waals surface area contributed by atoms with Crippen molar-refractivity contribution in [1.82, 2.24) is 0 Å². The van der Waals surface area contributed by atoms with Gasteiger partial charge in [-0.2, -0.15) is 0 Å². The van der Waals surface area contributed by atoms with Crippen LogP contribution in [0.5, 0.6) is 0 Å². The molecule has 0 aromatic heterocycles. The fourth-order valence-corrected chi connectivity index (χ4v) is 6.36. The molecule has 0 bridgehead atoms. The van der Waals surface area contributed by atoms with E-state index in [9.17, 15) is 0 Å². The Balaban J connectivity index is 1.20. The molecule has 37 heavy (non-hydrogen) atoms. The van der Waals surface area contributed by atoms with E-state index >= 15 is 0 Å². The van der Waals surface area contributed by atoms with Gasteiger partial charge in [0.15, 0.2) is 0 Å². The number of ether oxygens (including phenoxy) is 2. The second kappa shape index (κ2) is 15.7. The SMILES string of the molecule is CCCCCCC[C@@H]1CO[C@@H](c2ccc(-c3ccc(C4CCC(CCCCCC)CC4)cc3)cc2)CO1. The van der Waals surface area contributed by atoms with Gasteiger partial charge in [-0.1, -0.05) is 127 Å². The molecule has 2 aromatic rings. The van der Waals surface area contributed by atoms with Gasteiger partial charge >= 0.3 is 0 Å². The second-order valence-electron chi connectivity index (χ2n) is 11.8. The molecule has 1 heterocycles. The zero-order valence-electron chi connectivity index (χ0n) is 23.8. The average molecular weight is 505 g/mol. The van der Waals surface area contributed by atoms with E-state index in [-0.39, 0.29) is 12.2 Å². The molecule has 1 aliphatic heterocycles. The zero-order chi connectivity index (χ0) is 25.7. The van der Waals surface area contributed by atoms with Crippen molar-refractivity contribution in [2.24, 2.45) is 5.92 Å². The third-order valence-electron chi connectivity index (χ3n) is 8.91. The molecule has 0 spiro atoms. The molecular formula is C35H52O2. The second-order valence-corrected chi connectivity index (χ2v) is 11.8. The van der Waals surface area contributed by atoms with E-state index < -0.39 is 0 Å².